The molecule has 0 amide bonds. The highest BCUT2D eigenvalue weighted by Gasteiger charge is 2.00. The Labute approximate surface area is 83.4 Å². The molecule has 0 aromatic rings. The first-order valence-electron chi connectivity index (χ1n) is 6.04. The first kappa shape index (κ1) is 10.8. The van der Waals surface area contributed by atoms with Gasteiger partial charge in [-0.3, -0.25) is 0 Å². The summed E-state index contributed by atoms with van der Waals surface area (Å²) in [6.07, 6.45) is 17.5. The molecule has 13 heavy (non-hydrogen) atoms. The third-order valence-corrected chi connectivity index (χ3v) is 3.02. The quantitative estimate of drug-likeness (QED) is 0.474. The monoisotopic (exact) mass is 180 g/mol. The second kappa shape index (κ2) is 7.17. The molecule has 0 bridgehead atoms. The highest BCUT2D eigenvalue weighted by Crippen LogP contribution is 2.16. The smallest absolute Gasteiger partial charge is 0.0325 e. The maximum absolute atomic E-state index is 2.40. The van der Waals surface area contributed by atoms with Crippen molar-refractivity contribution in [3.8, 4) is 0 Å². The van der Waals surface area contributed by atoms with Gasteiger partial charge in [0.25, 0.3) is 0 Å². The minimum atomic E-state index is 0.913. The Morgan fingerprint density at radius 3 is 2.38 bits per heavy atom. The van der Waals surface area contributed by atoms with Crippen LogP contribution in [0.4, 0.5) is 0 Å². The molecule has 1 aliphatic carbocycles. The van der Waals surface area contributed by atoms with Crippen LogP contribution >= 0.6 is 0 Å². The van der Waals surface area contributed by atoms with Gasteiger partial charge in [0.1, 0.15) is 0 Å². The summed E-state index contributed by atoms with van der Waals surface area (Å²) in [5.74, 6) is 0.913. The average molecular weight is 180 g/mol. The van der Waals surface area contributed by atoms with Crippen molar-refractivity contribution in [1.82, 2.24) is 0 Å². The van der Waals surface area contributed by atoms with Gasteiger partial charge >= 0.3 is 0 Å². The molecule has 0 radical (unpaired) electrons. The van der Waals surface area contributed by atoms with Gasteiger partial charge in [0.05, 0.1) is 0 Å². The summed E-state index contributed by atoms with van der Waals surface area (Å²) in [7, 11) is 0. The zero-order valence-corrected chi connectivity index (χ0v) is 9.10. The van der Waals surface area contributed by atoms with Crippen LogP contribution in [0.2, 0.25) is 0 Å². The third-order valence-electron chi connectivity index (χ3n) is 3.02. The van der Waals surface area contributed by atoms with Crippen LogP contribution in [-0.4, -0.2) is 0 Å². The Morgan fingerprint density at radius 1 is 0.846 bits per heavy atom. The molecule has 0 aromatic heterocycles. The number of hydrogen-bond donors (Lipinski definition) is 0. The molecule has 1 unspecified atom stereocenters. The molecule has 1 aliphatic rings. The van der Waals surface area contributed by atoms with E-state index in [1.807, 2.05) is 0 Å². The van der Waals surface area contributed by atoms with Crippen LogP contribution in [0, 0.1) is 5.92 Å². The van der Waals surface area contributed by atoms with Gasteiger partial charge in [0.2, 0.25) is 0 Å². The van der Waals surface area contributed by atoms with Crippen LogP contribution in [0.5, 0.6) is 0 Å². The minimum absolute atomic E-state index is 0.913. The van der Waals surface area contributed by atoms with E-state index in [-0.39, 0.29) is 0 Å². The predicted octanol–water partition coefficient (Wildman–Crippen LogP) is 4.70. The second-order valence-electron chi connectivity index (χ2n) is 4.51. The lowest BCUT2D eigenvalue weighted by atomic mass is 9.97. The Balaban J connectivity index is 2.22. The van der Waals surface area contributed by atoms with Crippen LogP contribution < -0.4 is 0 Å². The number of allylic oxidation sites excluding steroid dienone is 2. The summed E-state index contributed by atoms with van der Waals surface area (Å²) in [6.45, 7) is 2.39. The Hall–Kier alpha value is -0.260. The number of hydrogen-bond acceptors (Lipinski definition) is 0. The third kappa shape index (κ3) is 5.90. The summed E-state index contributed by atoms with van der Waals surface area (Å²) >= 11 is 0. The zero-order chi connectivity index (χ0) is 9.36. The van der Waals surface area contributed by atoms with Gasteiger partial charge in [0, 0.05) is 0 Å². The maximum Gasteiger partial charge on any atom is -0.0325 e. The van der Waals surface area contributed by atoms with Crippen LogP contribution in [-0.2, 0) is 0 Å². The molecule has 0 heteroatoms. The van der Waals surface area contributed by atoms with Crippen LogP contribution in [0.25, 0.3) is 0 Å². The molecule has 0 aromatic carbocycles. The van der Waals surface area contributed by atoms with E-state index in [0.717, 1.165) is 5.92 Å². The van der Waals surface area contributed by atoms with Crippen molar-refractivity contribution >= 4 is 0 Å². The lowest BCUT2D eigenvalue weighted by Gasteiger charge is -2.09. The van der Waals surface area contributed by atoms with E-state index < -0.39 is 0 Å². The van der Waals surface area contributed by atoms with E-state index in [1.54, 1.807) is 0 Å². The molecule has 0 nitrogen and oxygen atoms in total. The van der Waals surface area contributed by atoms with Crippen LogP contribution in [0.15, 0.2) is 12.2 Å². The zero-order valence-electron chi connectivity index (χ0n) is 9.10. The van der Waals surface area contributed by atoms with Crippen molar-refractivity contribution in [2.75, 3.05) is 0 Å². The molecule has 1 rings (SSSR count). The molecule has 0 spiro atoms. The molecular formula is C13H24. The molecule has 0 saturated heterocycles. The number of rotatable bonds is 0. The van der Waals surface area contributed by atoms with E-state index in [1.165, 1.54) is 57.8 Å². The highest BCUT2D eigenvalue weighted by atomic mass is 14.1. The fourth-order valence-corrected chi connectivity index (χ4v) is 2.03. The molecule has 0 N–H and O–H groups in total. The van der Waals surface area contributed by atoms with Gasteiger partial charge in [-0.2, -0.15) is 0 Å². The van der Waals surface area contributed by atoms with Gasteiger partial charge in [-0.25, -0.2) is 0 Å². The second-order valence-corrected chi connectivity index (χ2v) is 4.51. The van der Waals surface area contributed by atoms with Crippen LogP contribution in [0.3, 0.4) is 0 Å². The molecule has 0 heterocycles. The fourth-order valence-electron chi connectivity index (χ4n) is 2.03. The molecule has 0 aliphatic heterocycles. The molecule has 0 fully saturated rings. The SMILES string of the molecule is CC1CC=CCCCCCCCC1. The molecule has 1 atom stereocenters. The summed E-state index contributed by atoms with van der Waals surface area (Å²) in [4.78, 5) is 0. The lowest BCUT2D eigenvalue weighted by molar-refractivity contribution is 0.482. The van der Waals surface area contributed by atoms with Gasteiger partial charge in [-0.1, -0.05) is 57.6 Å². The molecular weight excluding hydrogens is 156 g/mol. The summed E-state index contributed by atoms with van der Waals surface area (Å²) in [5.41, 5.74) is 0. The van der Waals surface area contributed by atoms with E-state index in [4.69, 9.17) is 0 Å². The lowest BCUT2D eigenvalue weighted by Crippen LogP contribution is -1.93. The molecule has 0 saturated carbocycles. The van der Waals surface area contributed by atoms with E-state index >= 15 is 0 Å². The van der Waals surface area contributed by atoms with Crippen molar-refractivity contribution in [1.29, 1.82) is 0 Å². The maximum atomic E-state index is 2.40. The van der Waals surface area contributed by atoms with Crippen molar-refractivity contribution in [2.24, 2.45) is 5.92 Å². The molecule has 76 valence electrons. The van der Waals surface area contributed by atoms with Crippen molar-refractivity contribution in [2.45, 2.75) is 64.7 Å². The summed E-state index contributed by atoms with van der Waals surface area (Å²) in [6, 6.07) is 0. The summed E-state index contributed by atoms with van der Waals surface area (Å²) in [5, 5.41) is 0. The normalized spacial score (nSPS) is 27.6. The Kier molecular flexibility index (Phi) is 5.97. The summed E-state index contributed by atoms with van der Waals surface area (Å²) < 4.78 is 0. The average Bonchev–Trinajstić information content (AvgIpc) is 2.11. The van der Waals surface area contributed by atoms with E-state index in [2.05, 4.69) is 19.1 Å². The van der Waals surface area contributed by atoms with Gasteiger partial charge < -0.3 is 0 Å². The van der Waals surface area contributed by atoms with Crippen molar-refractivity contribution < 1.29 is 0 Å². The van der Waals surface area contributed by atoms with Gasteiger partial charge in [0.15, 0.2) is 0 Å². The van der Waals surface area contributed by atoms with Gasteiger partial charge in [-0.15, -0.1) is 0 Å². The van der Waals surface area contributed by atoms with Gasteiger partial charge in [-0.05, 0) is 25.2 Å². The fraction of sp³-hybridized carbons (Fsp3) is 0.846. The Bertz CT molecular complexity index is 135. The predicted molar refractivity (Wildman–Crippen MR) is 59.9 cm³/mol. The Morgan fingerprint density at radius 2 is 1.54 bits per heavy atom. The van der Waals surface area contributed by atoms with E-state index in [9.17, 15) is 0 Å². The van der Waals surface area contributed by atoms with Crippen molar-refractivity contribution in [3.63, 3.8) is 0 Å². The van der Waals surface area contributed by atoms with Crippen molar-refractivity contribution in [3.05, 3.63) is 12.2 Å². The topological polar surface area (TPSA) is 0 Å². The highest BCUT2D eigenvalue weighted by molar-refractivity contribution is 4.83. The first-order valence-corrected chi connectivity index (χ1v) is 6.04. The minimum Gasteiger partial charge on any atom is -0.0885 e. The standard InChI is InChI=1S/C13H24/c1-13-11-9-7-5-3-2-4-6-8-10-12-13/h7,9,13H,2-6,8,10-12H2,1H3. The van der Waals surface area contributed by atoms with E-state index in [0.29, 0.717) is 0 Å². The van der Waals surface area contributed by atoms with Crippen LogP contribution in [0.1, 0.15) is 64.7 Å². The first-order chi connectivity index (χ1) is 6.39. The largest absolute Gasteiger partial charge is 0.0885 e.